The van der Waals surface area contributed by atoms with Crippen molar-refractivity contribution >= 4 is 28.9 Å². The molecular weight excluding hydrogens is 134 g/mol. The second-order valence-corrected chi connectivity index (χ2v) is 2.17. The van der Waals surface area contributed by atoms with E-state index < -0.39 is 5.37 Å². The molecule has 0 rings (SSSR count). The number of halogens is 1. The van der Waals surface area contributed by atoms with Crippen molar-refractivity contribution in [2.45, 2.75) is 0 Å². The molecule has 0 radical (unpaired) electrons. The van der Waals surface area contributed by atoms with Gasteiger partial charge in [-0.15, -0.1) is 0 Å². The molecule has 0 heterocycles. The summed E-state index contributed by atoms with van der Waals surface area (Å²) in [6, 6.07) is 0. The highest BCUT2D eigenvalue weighted by molar-refractivity contribution is 7.96. The fourth-order valence-corrected chi connectivity index (χ4v) is 0.422. The van der Waals surface area contributed by atoms with E-state index >= 15 is 0 Å². The first-order valence-electron chi connectivity index (χ1n) is 1.65. The van der Waals surface area contributed by atoms with Crippen LogP contribution in [0.3, 0.4) is 0 Å². The van der Waals surface area contributed by atoms with E-state index in [9.17, 15) is 4.79 Å². The molecule has 1 amide bonds. The molecule has 0 fully saturated rings. The van der Waals surface area contributed by atoms with Crippen molar-refractivity contribution in [3.05, 3.63) is 0 Å². The molecule has 0 aromatic carbocycles. The van der Waals surface area contributed by atoms with Crippen molar-refractivity contribution in [2.24, 2.45) is 0 Å². The Bertz CT molecular complexity index is 77.3. The van der Waals surface area contributed by atoms with E-state index in [0.717, 1.165) is 0 Å². The average molecular weight is 140 g/mol. The molecule has 0 aromatic rings. The van der Waals surface area contributed by atoms with Crippen LogP contribution in [0, 0.1) is 0 Å². The lowest BCUT2D eigenvalue weighted by Crippen LogP contribution is -2.09. The molecule has 0 spiro atoms. The Kier molecular flexibility index (Phi) is 3.21. The number of carbonyl (C=O) groups excluding carboxylic acids is 1. The van der Waals surface area contributed by atoms with Crippen LogP contribution in [0.1, 0.15) is 0 Å². The Morgan fingerprint density at radius 2 is 2.29 bits per heavy atom. The fraction of sp³-hybridized carbons (Fsp3) is 0.667. The normalized spacial score (nSPS) is 8.43. The second-order valence-electron chi connectivity index (χ2n) is 0.933. The van der Waals surface area contributed by atoms with Gasteiger partial charge in [-0.1, -0.05) is 11.9 Å². The Labute approximate surface area is 52.0 Å². The Balaban J connectivity index is 3.34. The van der Waals surface area contributed by atoms with Gasteiger partial charge >= 0.3 is 5.37 Å². The third kappa shape index (κ3) is 2.76. The molecular formula is C3H6ClNOS. The maximum Gasteiger partial charge on any atom is 0.326 e. The molecule has 0 aliphatic heterocycles. The highest BCUT2D eigenvalue weighted by atomic mass is 35.5. The summed E-state index contributed by atoms with van der Waals surface area (Å²) in [6.07, 6.45) is 1.78. The summed E-state index contributed by atoms with van der Waals surface area (Å²) in [5.74, 6) is 0. The first kappa shape index (κ1) is 7.11. The quantitative estimate of drug-likeness (QED) is 0.312. The minimum absolute atomic E-state index is 0.437. The Morgan fingerprint density at radius 3 is 2.29 bits per heavy atom. The third-order valence-corrected chi connectivity index (χ3v) is 1.59. The molecule has 0 saturated heterocycles. The molecule has 2 nitrogen and oxygen atoms in total. The van der Waals surface area contributed by atoms with Crippen molar-refractivity contribution in [1.29, 1.82) is 0 Å². The monoisotopic (exact) mass is 139 g/mol. The van der Waals surface area contributed by atoms with Crippen LogP contribution >= 0.6 is 23.5 Å². The summed E-state index contributed by atoms with van der Waals surface area (Å²) in [7, 11) is 1.61. The van der Waals surface area contributed by atoms with Gasteiger partial charge in [0.1, 0.15) is 0 Å². The SMILES string of the molecule is CSN(C)C(=O)Cl. The molecule has 0 unspecified atom stereocenters. The van der Waals surface area contributed by atoms with Crippen molar-refractivity contribution < 1.29 is 4.79 Å². The maximum absolute atomic E-state index is 10.0. The van der Waals surface area contributed by atoms with Crippen LogP contribution in [-0.2, 0) is 0 Å². The van der Waals surface area contributed by atoms with Crippen LogP contribution in [0.4, 0.5) is 4.79 Å². The number of hydrogen-bond acceptors (Lipinski definition) is 2. The Hall–Kier alpha value is 0.110. The number of rotatable bonds is 1. The highest BCUT2D eigenvalue weighted by Gasteiger charge is 1.98. The van der Waals surface area contributed by atoms with E-state index in [1.165, 1.54) is 16.3 Å². The molecule has 0 saturated carbocycles. The summed E-state index contributed by atoms with van der Waals surface area (Å²) >= 11 is 6.28. The number of hydrogen-bond donors (Lipinski definition) is 0. The molecule has 0 aliphatic rings. The van der Waals surface area contributed by atoms with Gasteiger partial charge in [-0.2, -0.15) is 0 Å². The number of amides is 1. The van der Waals surface area contributed by atoms with Gasteiger partial charge in [0, 0.05) is 13.3 Å². The zero-order valence-electron chi connectivity index (χ0n) is 4.14. The molecule has 4 heteroatoms. The fourth-order valence-electron chi connectivity index (χ4n) is 0.0718. The lowest BCUT2D eigenvalue weighted by atomic mass is 11.2. The highest BCUT2D eigenvalue weighted by Crippen LogP contribution is 2.03. The van der Waals surface area contributed by atoms with Gasteiger partial charge in [-0.25, -0.2) is 0 Å². The molecule has 7 heavy (non-hydrogen) atoms. The van der Waals surface area contributed by atoms with Gasteiger partial charge in [0.15, 0.2) is 0 Å². The van der Waals surface area contributed by atoms with Gasteiger partial charge in [0.2, 0.25) is 0 Å². The van der Waals surface area contributed by atoms with E-state index in [4.69, 9.17) is 11.6 Å². The minimum atomic E-state index is -0.437. The van der Waals surface area contributed by atoms with Gasteiger partial charge < -0.3 is 0 Å². The number of carbonyl (C=O) groups is 1. The number of nitrogens with zero attached hydrogens (tertiary/aromatic N) is 1. The summed E-state index contributed by atoms with van der Waals surface area (Å²) in [4.78, 5) is 10.0. The van der Waals surface area contributed by atoms with Crippen LogP contribution in [0.2, 0.25) is 0 Å². The van der Waals surface area contributed by atoms with Crippen LogP contribution in [-0.4, -0.2) is 23.0 Å². The zero-order valence-corrected chi connectivity index (χ0v) is 5.71. The summed E-state index contributed by atoms with van der Waals surface area (Å²) in [5, 5.41) is -0.437. The largest absolute Gasteiger partial charge is 0.326 e. The van der Waals surface area contributed by atoms with E-state index in [1.54, 1.807) is 13.3 Å². The average Bonchev–Trinajstić information content (AvgIpc) is 1.65. The zero-order chi connectivity index (χ0) is 5.86. The molecule has 0 bridgehead atoms. The first-order chi connectivity index (χ1) is 3.18. The molecule has 42 valence electrons. The second kappa shape index (κ2) is 3.16. The Morgan fingerprint density at radius 1 is 1.86 bits per heavy atom. The summed E-state index contributed by atoms with van der Waals surface area (Å²) < 4.78 is 1.33. The predicted octanol–water partition coefficient (Wildman–Crippen LogP) is 1.55. The molecule has 0 aromatic heterocycles. The minimum Gasteiger partial charge on any atom is -0.276 e. The van der Waals surface area contributed by atoms with Crippen LogP contribution in [0.25, 0.3) is 0 Å². The molecule has 0 atom stereocenters. The topological polar surface area (TPSA) is 20.3 Å². The van der Waals surface area contributed by atoms with Gasteiger partial charge in [-0.3, -0.25) is 9.10 Å². The van der Waals surface area contributed by atoms with Gasteiger partial charge in [0.05, 0.1) is 0 Å². The van der Waals surface area contributed by atoms with Gasteiger partial charge in [-0.05, 0) is 11.6 Å². The summed E-state index contributed by atoms with van der Waals surface area (Å²) in [5.41, 5.74) is 0. The van der Waals surface area contributed by atoms with Crippen LogP contribution in [0.5, 0.6) is 0 Å². The van der Waals surface area contributed by atoms with Crippen molar-refractivity contribution in [2.75, 3.05) is 13.3 Å². The maximum atomic E-state index is 10.0. The van der Waals surface area contributed by atoms with Crippen molar-refractivity contribution in [1.82, 2.24) is 4.31 Å². The van der Waals surface area contributed by atoms with E-state index in [2.05, 4.69) is 0 Å². The van der Waals surface area contributed by atoms with Crippen LogP contribution in [0.15, 0.2) is 0 Å². The lowest BCUT2D eigenvalue weighted by Gasteiger charge is -2.05. The third-order valence-electron chi connectivity index (χ3n) is 0.521. The standard InChI is InChI=1S/C3H6ClNOS/c1-5(7-2)3(4)6/h1-2H3. The lowest BCUT2D eigenvalue weighted by molar-refractivity contribution is 0.251. The smallest absolute Gasteiger partial charge is 0.276 e. The van der Waals surface area contributed by atoms with E-state index in [1.807, 2.05) is 0 Å². The summed E-state index contributed by atoms with van der Waals surface area (Å²) in [6.45, 7) is 0. The van der Waals surface area contributed by atoms with E-state index in [-0.39, 0.29) is 0 Å². The van der Waals surface area contributed by atoms with Crippen molar-refractivity contribution in [3.63, 3.8) is 0 Å². The molecule has 0 N–H and O–H groups in total. The van der Waals surface area contributed by atoms with Gasteiger partial charge in [0.25, 0.3) is 0 Å². The predicted molar refractivity (Wildman–Crippen MR) is 32.5 cm³/mol. The first-order valence-corrected chi connectivity index (χ1v) is 3.21. The van der Waals surface area contributed by atoms with E-state index in [0.29, 0.717) is 0 Å². The molecule has 0 aliphatic carbocycles. The van der Waals surface area contributed by atoms with Crippen LogP contribution < -0.4 is 0 Å². The van der Waals surface area contributed by atoms with Crippen molar-refractivity contribution in [3.8, 4) is 0 Å².